The second kappa shape index (κ2) is 8.89. The van der Waals surface area contributed by atoms with Crippen LogP contribution in [0, 0.1) is 13.8 Å². The molecule has 1 aromatic heterocycles. The number of benzene rings is 2. The zero-order valence-electron chi connectivity index (χ0n) is 15.8. The molecular formula is C21H24N4O2. The summed E-state index contributed by atoms with van der Waals surface area (Å²) >= 11 is 0. The minimum absolute atomic E-state index is 0.504. The number of nitrogens with one attached hydrogen (secondary N) is 2. The highest BCUT2D eigenvalue weighted by Crippen LogP contribution is 2.21. The fraction of sp³-hybridized carbons (Fsp3) is 0.238. The monoisotopic (exact) mass is 364 g/mol. The van der Waals surface area contributed by atoms with Crippen molar-refractivity contribution in [2.24, 2.45) is 0 Å². The van der Waals surface area contributed by atoms with E-state index in [1.54, 1.807) is 13.3 Å². The third-order valence-electron chi connectivity index (χ3n) is 4.02. The molecule has 0 spiro atoms. The Bertz CT molecular complexity index is 882. The van der Waals surface area contributed by atoms with Crippen LogP contribution in [-0.2, 0) is 0 Å². The molecule has 0 bridgehead atoms. The van der Waals surface area contributed by atoms with E-state index in [1.807, 2.05) is 30.3 Å². The molecule has 3 aromatic rings. The molecule has 0 aliphatic carbocycles. The van der Waals surface area contributed by atoms with Crippen molar-refractivity contribution in [3.05, 3.63) is 65.9 Å². The number of methoxy groups -OCH3 is 1. The van der Waals surface area contributed by atoms with E-state index in [4.69, 9.17) is 9.47 Å². The SMILES string of the molecule is COc1ccc(OCCNc2nccc(Nc3cc(C)ccc3C)n2)cc1. The lowest BCUT2D eigenvalue weighted by Crippen LogP contribution is -2.13. The zero-order chi connectivity index (χ0) is 19.1. The van der Waals surface area contributed by atoms with Gasteiger partial charge in [-0.05, 0) is 61.4 Å². The van der Waals surface area contributed by atoms with Gasteiger partial charge >= 0.3 is 0 Å². The van der Waals surface area contributed by atoms with E-state index >= 15 is 0 Å². The predicted octanol–water partition coefficient (Wildman–Crippen LogP) is 4.34. The van der Waals surface area contributed by atoms with E-state index < -0.39 is 0 Å². The minimum atomic E-state index is 0.504. The largest absolute Gasteiger partial charge is 0.497 e. The number of aryl methyl sites for hydroxylation is 2. The molecule has 1 heterocycles. The highest BCUT2D eigenvalue weighted by molar-refractivity contribution is 5.61. The molecule has 0 radical (unpaired) electrons. The van der Waals surface area contributed by atoms with Crippen molar-refractivity contribution in [3.63, 3.8) is 0 Å². The van der Waals surface area contributed by atoms with Crippen molar-refractivity contribution in [1.29, 1.82) is 0 Å². The molecular weight excluding hydrogens is 340 g/mol. The van der Waals surface area contributed by atoms with Crippen molar-refractivity contribution in [3.8, 4) is 11.5 Å². The molecule has 0 aliphatic rings. The van der Waals surface area contributed by atoms with E-state index in [0.29, 0.717) is 19.1 Å². The Morgan fingerprint density at radius 2 is 1.74 bits per heavy atom. The Balaban J connectivity index is 1.52. The first kappa shape index (κ1) is 18.5. The van der Waals surface area contributed by atoms with Crippen LogP contribution < -0.4 is 20.1 Å². The summed E-state index contributed by atoms with van der Waals surface area (Å²) in [6.07, 6.45) is 1.73. The molecule has 0 saturated heterocycles. The average Bonchev–Trinajstić information content (AvgIpc) is 2.69. The maximum atomic E-state index is 5.69. The first-order valence-corrected chi connectivity index (χ1v) is 8.82. The minimum Gasteiger partial charge on any atom is -0.497 e. The van der Waals surface area contributed by atoms with Gasteiger partial charge in [0.25, 0.3) is 0 Å². The van der Waals surface area contributed by atoms with E-state index in [2.05, 4.69) is 52.6 Å². The Morgan fingerprint density at radius 1 is 0.963 bits per heavy atom. The highest BCUT2D eigenvalue weighted by atomic mass is 16.5. The first-order valence-electron chi connectivity index (χ1n) is 8.82. The van der Waals surface area contributed by atoms with E-state index in [9.17, 15) is 0 Å². The van der Waals surface area contributed by atoms with Gasteiger partial charge < -0.3 is 20.1 Å². The van der Waals surface area contributed by atoms with Gasteiger partial charge in [-0.2, -0.15) is 4.98 Å². The van der Waals surface area contributed by atoms with Gasteiger partial charge in [0.05, 0.1) is 13.7 Å². The van der Waals surface area contributed by atoms with Crippen molar-refractivity contribution in [2.75, 3.05) is 30.9 Å². The Morgan fingerprint density at radius 3 is 2.52 bits per heavy atom. The molecule has 0 atom stereocenters. The van der Waals surface area contributed by atoms with Crippen molar-refractivity contribution >= 4 is 17.5 Å². The number of anilines is 3. The summed E-state index contributed by atoms with van der Waals surface area (Å²) in [6.45, 7) is 5.24. The van der Waals surface area contributed by atoms with Crippen LogP contribution >= 0.6 is 0 Å². The molecule has 6 nitrogen and oxygen atoms in total. The fourth-order valence-corrected chi connectivity index (χ4v) is 2.53. The summed E-state index contributed by atoms with van der Waals surface area (Å²) in [7, 11) is 1.64. The van der Waals surface area contributed by atoms with E-state index in [1.165, 1.54) is 11.1 Å². The third-order valence-corrected chi connectivity index (χ3v) is 4.02. The molecule has 0 fully saturated rings. The van der Waals surface area contributed by atoms with Gasteiger partial charge in [-0.15, -0.1) is 0 Å². The number of rotatable bonds is 8. The van der Waals surface area contributed by atoms with Crippen LogP contribution in [0.4, 0.5) is 17.5 Å². The Hall–Kier alpha value is -3.28. The summed E-state index contributed by atoms with van der Waals surface area (Å²) in [4.78, 5) is 8.75. The summed E-state index contributed by atoms with van der Waals surface area (Å²) in [5.41, 5.74) is 3.41. The standard InChI is InChI=1S/C21H24N4O2/c1-15-4-5-16(2)19(14-15)24-20-10-11-22-21(25-20)23-12-13-27-18-8-6-17(26-3)7-9-18/h4-11,14H,12-13H2,1-3H3,(H2,22,23,24,25). The topological polar surface area (TPSA) is 68.3 Å². The quantitative estimate of drug-likeness (QED) is 0.580. The Labute approximate surface area is 159 Å². The average molecular weight is 364 g/mol. The lowest BCUT2D eigenvalue weighted by atomic mass is 10.1. The summed E-state index contributed by atoms with van der Waals surface area (Å²) < 4.78 is 10.8. The number of hydrogen-bond acceptors (Lipinski definition) is 6. The third kappa shape index (κ3) is 5.34. The predicted molar refractivity (Wildman–Crippen MR) is 108 cm³/mol. The lowest BCUT2D eigenvalue weighted by molar-refractivity contribution is 0.331. The number of aromatic nitrogens is 2. The highest BCUT2D eigenvalue weighted by Gasteiger charge is 2.03. The summed E-state index contributed by atoms with van der Waals surface area (Å²) in [6, 6.07) is 15.6. The second-order valence-electron chi connectivity index (χ2n) is 6.16. The van der Waals surface area contributed by atoms with Gasteiger partial charge in [0.2, 0.25) is 5.95 Å². The van der Waals surface area contributed by atoms with Gasteiger partial charge in [0, 0.05) is 11.9 Å². The first-order chi connectivity index (χ1) is 13.1. The van der Waals surface area contributed by atoms with Crippen LogP contribution in [0.3, 0.4) is 0 Å². The van der Waals surface area contributed by atoms with Crippen molar-refractivity contribution < 1.29 is 9.47 Å². The molecule has 0 aliphatic heterocycles. The van der Waals surface area contributed by atoms with Crippen LogP contribution in [0.15, 0.2) is 54.7 Å². The zero-order valence-corrected chi connectivity index (χ0v) is 15.8. The molecule has 0 unspecified atom stereocenters. The maximum absolute atomic E-state index is 5.69. The maximum Gasteiger partial charge on any atom is 0.224 e. The van der Waals surface area contributed by atoms with Crippen molar-refractivity contribution in [2.45, 2.75) is 13.8 Å². The van der Waals surface area contributed by atoms with Gasteiger partial charge in [-0.25, -0.2) is 4.98 Å². The molecule has 6 heteroatoms. The second-order valence-corrected chi connectivity index (χ2v) is 6.16. The van der Waals surface area contributed by atoms with Crippen LogP contribution in [0.2, 0.25) is 0 Å². The van der Waals surface area contributed by atoms with E-state index in [0.717, 1.165) is 23.0 Å². The summed E-state index contributed by atoms with van der Waals surface area (Å²) in [5.74, 6) is 2.91. The van der Waals surface area contributed by atoms with Crippen LogP contribution in [0.25, 0.3) is 0 Å². The number of hydrogen-bond donors (Lipinski definition) is 2. The van der Waals surface area contributed by atoms with E-state index in [-0.39, 0.29) is 0 Å². The van der Waals surface area contributed by atoms with Gasteiger partial charge in [0.15, 0.2) is 0 Å². The van der Waals surface area contributed by atoms with Crippen molar-refractivity contribution in [1.82, 2.24) is 9.97 Å². The van der Waals surface area contributed by atoms with Gasteiger partial charge in [0.1, 0.15) is 23.9 Å². The van der Waals surface area contributed by atoms with Crippen LogP contribution in [0.1, 0.15) is 11.1 Å². The van der Waals surface area contributed by atoms with Crippen LogP contribution in [0.5, 0.6) is 11.5 Å². The summed E-state index contributed by atoms with van der Waals surface area (Å²) in [5, 5.41) is 6.52. The molecule has 0 amide bonds. The fourth-order valence-electron chi connectivity index (χ4n) is 2.53. The molecule has 0 saturated carbocycles. The number of nitrogens with zero attached hydrogens (tertiary/aromatic N) is 2. The number of ether oxygens (including phenoxy) is 2. The normalized spacial score (nSPS) is 10.3. The van der Waals surface area contributed by atoms with Gasteiger partial charge in [-0.3, -0.25) is 0 Å². The Kier molecular flexibility index (Phi) is 6.10. The smallest absolute Gasteiger partial charge is 0.224 e. The lowest BCUT2D eigenvalue weighted by Gasteiger charge is -2.11. The van der Waals surface area contributed by atoms with Gasteiger partial charge in [-0.1, -0.05) is 12.1 Å². The molecule has 140 valence electrons. The molecule has 2 aromatic carbocycles. The molecule has 2 N–H and O–H groups in total. The van der Waals surface area contributed by atoms with Crippen LogP contribution in [-0.4, -0.2) is 30.2 Å². The molecule has 27 heavy (non-hydrogen) atoms. The molecule has 3 rings (SSSR count).